The third kappa shape index (κ3) is 3.42. The number of nitrogens with zero attached hydrogens (tertiary/aromatic N) is 2. The summed E-state index contributed by atoms with van der Waals surface area (Å²) in [5, 5.41) is 0.193. The quantitative estimate of drug-likeness (QED) is 0.694. The second-order valence-corrected chi connectivity index (χ2v) is 9.63. The Morgan fingerprint density at radius 1 is 1.07 bits per heavy atom. The molecule has 0 radical (unpaired) electrons. The minimum absolute atomic E-state index is 0.0211. The summed E-state index contributed by atoms with van der Waals surface area (Å²) in [6, 6.07) is 13.5. The third-order valence-corrected chi connectivity index (χ3v) is 7.25. The largest absolute Gasteiger partial charge is 0.331 e. The van der Waals surface area contributed by atoms with Gasteiger partial charge >= 0.3 is 5.69 Å². The van der Waals surface area contributed by atoms with Gasteiger partial charge in [0.05, 0.1) is 21.8 Å². The maximum atomic E-state index is 12.9. The second kappa shape index (κ2) is 6.67. The van der Waals surface area contributed by atoms with Gasteiger partial charge in [-0.15, -0.1) is 0 Å². The van der Waals surface area contributed by atoms with E-state index in [2.05, 4.69) is 4.72 Å². The molecule has 8 heteroatoms. The molecule has 29 heavy (non-hydrogen) atoms. The summed E-state index contributed by atoms with van der Waals surface area (Å²) in [6.45, 7) is 3.73. The molecule has 1 N–H and O–H groups in total. The number of fused-ring (bicyclic) bond motifs is 1. The SMILES string of the molecule is C[C@@H](c1ccccc1)n1c(=O)n(C)c(=O)c2cc(S(=O)(=O)NC3(C)CC3)ccc21. The lowest BCUT2D eigenvalue weighted by Crippen LogP contribution is -2.40. The molecule has 0 bridgehead atoms. The van der Waals surface area contributed by atoms with E-state index >= 15 is 0 Å². The van der Waals surface area contributed by atoms with Gasteiger partial charge < -0.3 is 0 Å². The minimum atomic E-state index is -3.76. The molecule has 1 aliphatic carbocycles. The lowest BCUT2D eigenvalue weighted by molar-refractivity contribution is 0.558. The van der Waals surface area contributed by atoms with E-state index < -0.39 is 26.8 Å². The Bertz CT molecular complexity index is 1320. The van der Waals surface area contributed by atoms with Gasteiger partial charge in [0.1, 0.15) is 0 Å². The van der Waals surface area contributed by atoms with Crippen LogP contribution in [0.5, 0.6) is 0 Å². The van der Waals surface area contributed by atoms with Crippen LogP contribution in [0.15, 0.2) is 63.0 Å². The first-order chi connectivity index (χ1) is 13.6. The maximum Gasteiger partial charge on any atom is 0.331 e. The van der Waals surface area contributed by atoms with Gasteiger partial charge in [-0.2, -0.15) is 0 Å². The van der Waals surface area contributed by atoms with Crippen molar-refractivity contribution in [3.8, 4) is 0 Å². The van der Waals surface area contributed by atoms with E-state index in [4.69, 9.17) is 0 Å². The molecule has 2 aromatic carbocycles. The van der Waals surface area contributed by atoms with E-state index in [1.54, 1.807) is 6.07 Å². The first-order valence-electron chi connectivity index (χ1n) is 9.47. The Labute approximate surface area is 168 Å². The molecule has 152 valence electrons. The Morgan fingerprint density at radius 3 is 2.34 bits per heavy atom. The van der Waals surface area contributed by atoms with Crippen molar-refractivity contribution in [1.29, 1.82) is 0 Å². The van der Waals surface area contributed by atoms with Gasteiger partial charge in [0.15, 0.2) is 0 Å². The van der Waals surface area contributed by atoms with Crippen LogP contribution in [-0.4, -0.2) is 23.1 Å². The maximum absolute atomic E-state index is 12.9. The Hall–Kier alpha value is -2.71. The van der Waals surface area contributed by atoms with Gasteiger partial charge in [-0.25, -0.2) is 17.9 Å². The number of hydrogen-bond donors (Lipinski definition) is 1. The number of hydrogen-bond acceptors (Lipinski definition) is 4. The van der Waals surface area contributed by atoms with Gasteiger partial charge in [0.25, 0.3) is 5.56 Å². The number of aromatic nitrogens is 2. The Morgan fingerprint density at radius 2 is 1.72 bits per heavy atom. The number of benzene rings is 2. The molecule has 1 atom stereocenters. The van der Waals surface area contributed by atoms with Gasteiger partial charge in [-0.05, 0) is 50.5 Å². The van der Waals surface area contributed by atoms with Gasteiger partial charge in [0.2, 0.25) is 10.0 Å². The third-order valence-electron chi connectivity index (χ3n) is 5.62. The van der Waals surface area contributed by atoms with E-state index in [9.17, 15) is 18.0 Å². The fourth-order valence-electron chi connectivity index (χ4n) is 3.52. The lowest BCUT2D eigenvalue weighted by atomic mass is 10.1. The molecule has 0 saturated heterocycles. The zero-order valence-corrected chi connectivity index (χ0v) is 17.4. The predicted octanol–water partition coefficient (Wildman–Crippen LogP) is 2.14. The van der Waals surface area contributed by atoms with Gasteiger partial charge in [-0.3, -0.25) is 13.9 Å². The molecular weight excluding hydrogens is 390 g/mol. The van der Waals surface area contributed by atoms with E-state index in [1.165, 1.54) is 23.7 Å². The fourth-order valence-corrected chi connectivity index (χ4v) is 5.01. The van der Waals surface area contributed by atoms with E-state index in [1.807, 2.05) is 44.2 Å². The molecule has 1 heterocycles. The molecule has 0 amide bonds. The molecule has 4 rings (SSSR count). The monoisotopic (exact) mass is 413 g/mol. The first-order valence-corrected chi connectivity index (χ1v) is 11.0. The highest BCUT2D eigenvalue weighted by Crippen LogP contribution is 2.36. The molecule has 7 nitrogen and oxygen atoms in total. The number of sulfonamides is 1. The molecule has 1 saturated carbocycles. The molecule has 1 fully saturated rings. The second-order valence-electron chi connectivity index (χ2n) is 7.95. The Balaban J connectivity index is 1.92. The summed E-state index contributed by atoms with van der Waals surface area (Å²) < 4.78 is 30.7. The zero-order valence-electron chi connectivity index (χ0n) is 16.5. The fraction of sp³-hybridized carbons (Fsp3) is 0.333. The van der Waals surface area contributed by atoms with Crippen LogP contribution in [0.1, 0.15) is 38.3 Å². The summed E-state index contributed by atoms with van der Waals surface area (Å²) in [6.07, 6.45) is 1.57. The topological polar surface area (TPSA) is 90.2 Å². The van der Waals surface area contributed by atoms with Crippen molar-refractivity contribution in [2.24, 2.45) is 7.05 Å². The van der Waals surface area contributed by atoms with Crippen LogP contribution >= 0.6 is 0 Å². The average molecular weight is 413 g/mol. The first kappa shape index (κ1) is 19.6. The van der Waals surface area contributed by atoms with Crippen molar-refractivity contribution in [1.82, 2.24) is 13.9 Å². The smallest absolute Gasteiger partial charge is 0.286 e. The van der Waals surface area contributed by atoms with Crippen molar-refractivity contribution < 1.29 is 8.42 Å². The standard InChI is InChI=1S/C21H23N3O4S/c1-14(15-7-5-4-6-8-15)24-18-10-9-16(29(27,28)22-21(2)11-12-21)13-17(18)19(25)23(3)20(24)26/h4-10,13-14,22H,11-12H2,1-3H3/t14-/m0/s1. The van der Waals surface area contributed by atoms with Gasteiger partial charge in [0, 0.05) is 12.6 Å². The van der Waals surface area contributed by atoms with Crippen molar-refractivity contribution in [2.75, 3.05) is 0 Å². The molecule has 3 aromatic rings. The van der Waals surface area contributed by atoms with Crippen LogP contribution in [0.4, 0.5) is 0 Å². The van der Waals surface area contributed by atoms with E-state index in [-0.39, 0.29) is 16.3 Å². The van der Waals surface area contributed by atoms with Crippen molar-refractivity contribution in [3.63, 3.8) is 0 Å². The van der Waals surface area contributed by atoms with Crippen LogP contribution < -0.4 is 16.0 Å². The number of rotatable bonds is 5. The molecule has 0 spiro atoms. The average Bonchev–Trinajstić information content (AvgIpc) is 3.42. The number of nitrogens with one attached hydrogen (secondary N) is 1. The molecular formula is C21H23N3O4S. The molecule has 0 aliphatic heterocycles. The molecule has 1 aliphatic rings. The van der Waals surface area contributed by atoms with Crippen LogP contribution in [0.25, 0.3) is 10.9 Å². The summed E-state index contributed by atoms with van der Waals surface area (Å²) in [5.41, 5.74) is -0.0609. The van der Waals surface area contributed by atoms with Crippen LogP contribution in [0.2, 0.25) is 0 Å². The van der Waals surface area contributed by atoms with Gasteiger partial charge in [-0.1, -0.05) is 30.3 Å². The van der Waals surface area contributed by atoms with E-state index in [0.717, 1.165) is 23.0 Å². The predicted molar refractivity (Wildman–Crippen MR) is 112 cm³/mol. The minimum Gasteiger partial charge on any atom is -0.286 e. The summed E-state index contributed by atoms with van der Waals surface area (Å²) in [7, 11) is -2.35. The Kier molecular flexibility index (Phi) is 4.51. The summed E-state index contributed by atoms with van der Waals surface area (Å²) in [5.74, 6) is 0. The highest BCUT2D eigenvalue weighted by atomic mass is 32.2. The molecule has 0 unspecified atom stereocenters. The van der Waals surface area contributed by atoms with Crippen molar-refractivity contribution >= 4 is 20.9 Å². The van der Waals surface area contributed by atoms with E-state index in [0.29, 0.717) is 5.52 Å². The van der Waals surface area contributed by atoms with Crippen LogP contribution in [0, 0.1) is 0 Å². The van der Waals surface area contributed by atoms with Crippen LogP contribution in [-0.2, 0) is 17.1 Å². The normalized spacial score (nSPS) is 16.7. The summed E-state index contributed by atoms with van der Waals surface area (Å²) in [4.78, 5) is 25.7. The zero-order chi connectivity index (χ0) is 21.0. The van der Waals surface area contributed by atoms with Crippen molar-refractivity contribution in [2.45, 2.75) is 43.2 Å². The highest BCUT2D eigenvalue weighted by molar-refractivity contribution is 7.89. The van der Waals surface area contributed by atoms with Crippen LogP contribution in [0.3, 0.4) is 0 Å². The molecule has 1 aromatic heterocycles. The lowest BCUT2D eigenvalue weighted by Gasteiger charge is -2.20. The van der Waals surface area contributed by atoms with Crippen molar-refractivity contribution in [3.05, 3.63) is 74.9 Å². The highest BCUT2D eigenvalue weighted by Gasteiger charge is 2.41. The summed E-state index contributed by atoms with van der Waals surface area (Å²) >= 11 is 0.